The molecule has 5 heteroatoms. The zero-order chi connectivity index (χ0) is 25.7. The van der Waals surface area contributed by atoms with Gasteiger partial charge in [0.15, 0.2) is 0 Å². The summed E-state index contributed by atoms with van der Waals surface area (Å²) in [6.07, 6.45) is 9.63. The Balaban J connectivity index is 0.000000709. The van der Waals surface area contributed by atoms with E-state index in [2.05, 4.69) is 56.1 Å². The maximum atomic E-state index is 9.00. The predicted octanol–water partition coefficient (Wildman–Crippen LogP) is 7.33. The average Bonchev–Trinajstić information content (AvgIpc) is 3.30. The Bertz CT molecular complexity index is 1200. The normalized spacial score (nSPS) is 14.9. The minimum absolute atomic E-state index is 0.499. The van der Waals surface area contributed by atoms with E-state index in [-0.39, 0.29) is 0 Å². The molecule has 1 fully saturated rings. The van der Waals surface area contributed by atoms with Gasteiger partial charge in [0.1, 0.15) is 12.4 Å². The Morgan fingerprint density at radius 2 is 1.72 bits per heavy atom. The summed E-state index contributed by atoms with van der Waals surface area (Å²) in [7, 11) is 0. The Morgan fingerprint density at radius 1 is 1.03 bits per heavy atom. The average molecular weight is 488 g/mol. The zero-order valence-corrected chi connectivity index (χ0v) is 21.9. The summed E-state index contributed by atoms with van der Waals surface area (Å²) in [5.41, 5.74) is 10.5. The number of rotatable bonds is 5. The molecule has 0 atom stereocenters. The van der Waals surface area contributed by atoms with E-state index in [9.17, 15) is 0 Å². The number of fused-ring (bicyclic) bond motifs is 1. The van der Waals surface area contributed by atoms with Crippen LogP contribution >= 0.6 is 0 Å². The molecular weight excluding hydrogens is 450 g/mol. The minimum Gasteiger partial charge on any atom is -0.493 e. The first-order valence-electron chi connectivity index (χ1n) is 13.0. The number of nitrogens with zero attached hydrogens (tertiary/aromatic N) is 1. The van der Waals surface area contributed by atoms with Crippen molar-refractivity contribution in [1.82, 2.24) is 4.98 Å². The van der Waals surface area contributed by atoms with Crippen molar-refractivity contribution in [3.8, 4) is 22.8 Å². The van der Waals surface area contributed by atoms with Crippen molar-refractivity contribution in [3.63, 3.8) is 0 Å². The van der Waals surface area contributed by atoms with E-state index in [0.717, 1.165) is 37.2 Å². The summed E-state index contributed by atoms with van der Waals surface area (Å²) >= 11 is 0. The number of aryl methyl sites for hydroxylation is 3. The van der Waals surface area contributed by atoms with Crippen LogP contribution in [0.25, 0.3) is 11.1 Å². The third-order valence-corrected chi connectivity index (χ3v) is 6.99. The molecule has 0 spiro atoms. The van der Waals surface area contributed by atoms with Crippen LogP contribution in [-0.4, -0.2) is 22.7 Å². The molecular formula is C31H37NO4. The van der Waals surface area contributed by atoms with Gasteiger partial charge in [-0.3, -0.25) is 4.79 Å². The summed E-state index contributed by atoms with van der Waals surface area (Å²) < 4.78 is 11.7. The molecule has 1 N–H and O–H groups in total. The molecule has 3 aromatic rings. The lowest BCUT2D eigenvalue weighted by Gasteiger charge is -2.24. The van der Waals surface area contributed by atoms with Crippen molar-refractivity contribution in [1.29, 1.82) is 0 Å². The number of aliphatic carboxylic acids is 1. The van der Waals surface area contributed by atoms with Crippen LogP contribution in [0.5, 0.6) is 11.6 Å². The molecule has 36 heavy (non-hydrogen) atoms. The Labute approximate surface area is 214 Å². The second-order valence-corrected chi connectivity index (χ2v) is 10.1. The molecule has 5 nitrogen and oxygen atoms in total. The Morgan fingerprint density at radius 3 is 2.42 bits per heavy atom. The number of carboxylic acid groups (broad SMARTS) is 1. The Hall–Kier alpha value is -3.34. The quantitative estimate of drug-likeness (QED) is 0.408. The summed E-state index contributed by atoms with van der Waals surface area (Å²) in [6, 6.07) is 13.6. The molecule has 1 aliphatic carbocycles. The summed E-state index contributed by atoms with van der Waals surface area (Å²) in [5, 5.41) is 7.42. The number of ether oxygens (including phenoxy) is 2. The van der Waals surface area contributed by atoms with Crippen molar-refractivity contribution in [2.75, 3.05) is 6.61 Å². The molecule has 2 heterocycles. The highest BCUT2D eigenvalue weighted by Crippen LogP contribution is 2.37. The number of aromatic nitrogens is 1. The van der Waals surface area contributed by atoms with Crippen molar-refractivity contribution >= 4 is 5.97 Å². The largest absolute Gasteiger partial charge is 0.493 e. The molecule has 1 aliphatic heterocycles. The first kappa shape index (κ1) is 25.7. The van der Waals surface area contributed by atoms with E-state index in [1.165, 1.54) is 71.0 Å². The highest BCUT2D eigenvalue weighted by Gasteiger charge is 2.18. The lowest BCUT2D eigenvalue weighted by Crippen LogP contribution is -2.06. The SMILES string of the molecule is CC(=O)O.Cc1cc(COc2cc3c(cn2)CCO3)cc(-c2c(C)cc(C3CCCCC3)cc2C)c1. The number of pyridine rings is 1. The monoisotopic (exact) mass is 487 g/mol. The van der Waals surface area contributed by atoms with Crippen LogP contribution < -0.4 is 9.47 Å². The molecule has 0 bridgehead atoms. The first-order valence-corrected chi connectivity index (χ1v) is 13.0. The van der Waals surface area contributed by atoms with Crippen LogP contribution in [0.3, 0.4) is 0 Å². The van der Waals surface area contributed by atoms with E-state index in [1.54, 1.807) is 0 Å². The maximum Gasteiger partial charge on any atom is 0.300 e. The lowest BCUT2D eigenvalue weighted by molar-refractivity contribution is -0.134. The Kier molecular flexibility index (Phi) is 8.29. The molecule has 0 saturated heterocycles. The smallest absolute Gasteiger partial charge is 0.300 e. The van der Waals surface area contributed by atoms with Gasteiger partial charge < -0.3 is 14.6 Å². The van der Waals surface area contributed by atoms with E-state index in [0.29, 0.717) is 12.5 Å². The predicted molar refractivity (Wildman–Crippen MR) is 143 cm³/mol. The fraction of sp³-hybridized carbons (Fsp3) is 0.419. The number of carboxylic acids is 1. The van der Waals surface area contributed by atoms with Gasteiger partial charge in [-0.15, -0.1) is 0 Å². The van der Waals surface area contributed by atoms with Crippen molar-refractivity contribution in [2.45, 2.75) is 78.7 Å². The van der Waals surface area contributed by atoms with Gasteiger partial charge in [0.25, 0.3) is 5.97 Å². The van der Waals surface area contributed by atoms with Gasteiger partial charge >= 0.3 is 0 Å². The number of hydrogen-bond donors (Lipinski definition) is 1. The van der Waals surface area contributed by atoms with Gasteiger partial charge in [-0.1, -0.05) is 49.1 Å². The molecule has 0 unspecified atom stereocenters. The summed E-state index contributed by atoms with van der Waals surface area (Å²) in [4.78, 5) is 13.4. The minimum atomic E-state index is -0.833. The van der Waals surface area contributed by atoms with Crippen molar-refractivity contribution in [2.24, 2.45) is 0 Å². The van der Waals surface area contributed by atoms with Gasteiger partial charge in [-0.25, -0.2) is 4.98 Å². The lowest BCUT2D eigenvalue weighted by atomic mass is 9.81. The molecule has 0 radical (unpaired) electrons. The molecule has 5 rings (SSSR count). The highest BCUT2D eigenvalue weighted by atomic mass is 16.5. The molecule has 1 aromatic heterocycles. The molecule has 1 saturated carbocycles. The summed E-state index contributed by atoms with van der Waals surface area (Å²) in [6.45, 7) is 9.01. The van der Waals surface area contributed by atoms with Gasteiger partial charge in [0.05, 0.1) is 6.61 Å². The van der Waals surface area contributed by atoms with E-state index in [4.69, 9.17) is 19.4 Å². The van der Waals surface area contributed by atoms with E-state index >= 15 is 0 Å². The number of carbonyl (C=O) groups is 1. The number of benzene rings is 2. The number of hydrogen-bond acceptors (Lipinski definition) is 4. The standard InChI is InChI=1S/C29H33NO2.C2H4O2/c1-19-11-22(18-32-28-16-27-24(17-30-28)9-10-31-27)15-26(12-19)29-20(2)13-25(14-21(29)3)23-7-5-4-6-8-23;1-2(3)4/h11-17,23H,4-10,18H2,1-3H3;1H3,(H,3,4). The van der Waals surface area contributed by atoms with Crippen molar-refractivity contribution < 1.29 is 19.4 Å². The fourth-order valence-electron chi connectivity index (χ4n) is 5.49. The molecule has 0 amide bonds. The van der Waals surface area contributed by atoms with Crippen LogP contribution in [0.1, 0.15) is 78.3 Å². The van der Waals surface area contributed by atoms with Crippen LogP contribution in [0.15, 0.2) is 42.6 Å². The van der Waals surface area contributed by atoms with Gasteiger partial charge in [-0.2, -0.15) is 0 Å². The summed E-state index contributed by atoms with van der Waals surface area (Å²) in [5.74, 6) is 1.43. The topological polar surface area (TPSA) is 68.7 Å². The second kappa shape index (κ2) is 11.6. The maximum absolute atomic E-state index is 9.00. The third-order valence-electron chi connectivity index (χ3n) is 6.99. The first-order chi connectivity index (χ1) is 17.3. The van der Waals surface area contributed by atoms with E-state index < -0.39 is 5.97 Å². The third kappa shape index (κ3) is 6.45. The highest BCUT2D eigenvalue weighted by molar-refractivity contribution is 5.72. The van der Waals surface area contributed by atoms with E-state index in [1.807, 2.05) is 12.3 Å². The molecule has 190 valence electrons. The van der Waals surface area contributed by atoms with Gasteiger partial charge in [-0.05, 0) is 79.0 Å². The molecule has 2 aliphatic rings. The van der Waals surface area contributed by atoms with Crippen LogP contribution in [-0.2, 0) is 17.8 Å². The van der Waals surface area contributed by atoms with Crippen LogP contribution in [0.2, 0.25) is 0 Å². The zero-order valence-electron chi connectivity index (χ0n) is 21.9. The van der Waals surface area contributed by atoms with Gasteiger partial charge in [0.2, 0.25) is 5.88 Å². The van der Waals surface area contributed by atoms with Crippen molar-refractivity contribution in [3.05, 3.63) is 76.0 Å². The fourth-order valence-corrected chi connectivity index (χ4v) is 5.49. The van der Waals surface area contributed by atoms with Gasteiger partial charge in [0, 0.05) is 31.2 Å². The van der Waals surface area contributed by atoms with Crippen LogP contribution in [0.4, 0.5) is 0 Å². The molecule has 2 aromatic carbocycles. The van der Waals surface area contributed by atoms with Crippen LogP contribution in [0, 0.1) is 20.8 Å². The second-order valence-electron chi connectivity index (χ2n) is 10.1.